The van der Waals surface area contributed by atoms with E-state index in [0.29, 0.717) is 13.2 Å². The van der Waals surface area contributed by atoms with Gasteiger partial charge in [-0.1, -0.05) is 19.1 Å². The van der Waals surface area contributed by atoms with Crippen LogP contribution in [0.25, 0.3) is 0 Å². The van der Waals surface area contributed by atoms with E-state index < -0.39 is 5.79 Å². The van der Waals surface area contributed by atoms with E-state index in [0.717, 1.165) is 32.1 Å². The third-order valence-electron chi connectivity index (χ3n) is 5.08. The van der Waals surface area contributed by atoms with Gasteiger partial charge >= 0.3 is 5.97 Å². The van der Waals surface area contributed by atoms with Gasteiger partial charge in [0.15, 0.2) is 5.79 Å². The van der Waals surface area contributed by atoms with Crippen LogP contribution in [-0.4, -0.2) is 32.1 Å². The fourth-order valence-corrected chi connectivity index (χ4v) is 3.22. The predicted molar refractivity (Wildman–Crippen MR) is 80.8 cm³/mol. The van der Waals surface area contributed by atoms with Crippen molar-refractivity contribution >= 4 is 5.97 Å². The second kappa shape index (κ2) is 6.09. The summed E-state index contributed by atoms with van der Waals surface area (Å²) in [7, 11) is 1.48. The number of hydrogen-bond donors (Lipinski definition) is 0. The number of rotatable bonds is 4. The Labute approximate surface area is 127 Å². The first-order valence-corrected chi connectivity index (χ1v) is 7.85. The van der Waals surface area contributed by atoms with Crippen molar-refractivity contribution in [3.63, 3.8) is 0 Å². The van der Waals surface area contributed by atoms with Crippen molar-refractivity contribution in [2.24, 2.45) is 10.8 Å². The Morgan fingerprint density at radius 1 is 1.10 bits per heavy atom. The van der Waals surface area contributed by atoms with E-state index in [1.807, 2.05) is 13.8 Å². The van der Waals surface area contributed by atoms with E-state index >= 15 is 0 Å². The number of methoxy groups -OCH3 is 1. The monoisotopic (exact) mass is 296 g/mol. The topological polar surface area (TPSA) is 44.8 Å². The van der Waals surface area contributed by atoms with Gasteiger partial charge < -0.3 is 14.2 Å². The molecule has 4 heteroatoms. The SMILES string of the molecule is COC(=O)C1(C)CCC(C)(/C=C/CC2(C)OCCO2)CC1. The zero-order chi connectivity index (χ0) is 15.6. The molecule has 1 saturated carbocycles. The summed E-state index contributed by atoms with van der Waals surface area (Å²) >= 11 is 0. The lowest BCUT2D eigenvalue weighted by Crippen LogP contribution is -2.36. The van der Waals surface area contributed by atoms with E-state index in [9.17, 15) is 4.79 Å². The number of esters is 1. The van der Waals surface area contributed by atoms with E-state index in [1.165, 1.54) is 7.11 Å². The molecule has 0 amide bonds. The molecule has 0 spiro atoms. The van der Waals surface area contributed by atoms with Gasteiger partial charge in [0.05, 0.1) is 25.7 Å². The molecule has 1 saturated heterocycles. The summed E-state index contributed by atoms with van der Waals surface area (Å²) in [4.78, 5) is 11.9. The van der Waals surface area contributed by atoms with Crippen molar-refractivity contribution in [2.45, 2.75) is 58.7 Å². The van der Waals surface area contributed by atoms with Crippen LogP contribution in [0.5, 0.6) is 0 Å². The van der Waals surface area contributed by atoms with Gasteiger partial charge in [-0.05, 0) is 44.9 Å². The van der Waals surface area contributed by atoms with Crippen LogP contribution in [0, 0.1) is 10.8 Å². The highest BCUT2D eigenvalue weighted by atomic mass is 16.7. The molecule has 1 aliphatic heterocycles. The highest BCUT2D eigenvalue weighted by Gasteiger charge is 2.42. The standard InChI is InChI=1S/C17H28O4/c1-15(6-5-7-17(3)20-12-13-21-17)8-10-16(2,11-9-15)14(18)19-4/h5-6H,7-13H2,1-4H3/b6-5+. The molecule has 0 atom stereocenters. The lowest BCUT2D eigenvalue weighted by Gasteiger charge is -2.40. The molecule has 2 fully saturated rings. The first-order valence-electron chi connectivity index (χ1n) is 7.85. The summed E-state index contributed by atoms with van der Waals surface area (Å²) in [5, 5.41) is 0. The molecule has 0 bridgehead atoms. The molecule has 0 aromatic rings. The molecule has 0 radical (unpaired) electrons. The number of allylic oxidation sites excluding steroid dienone is 1. The quantitative estimate of drug-likeness (QED) is 0.589. The van der Waals surface area contributed by atoms with Gasteiger partial charge in [0.25, 0.3) is 0 Å². The zero-order valence-electron chi connectivity index (χ0n) is 13.7. The summed E-state index contributed by atoms with van der Waals surface area (Å²) < 4.78 is 16.1. The highest BCUT2D eigenvalue weighted by Crippen LogP contribution is 2.46. The van der Waals surface area contributed by atoms with Crippen LogP contribution in [0.4, 0.5) is 0 Å². The van der Waals surface area contributed by atoms with Crippen molar-refractivity contribution in [1.29, 1.82) is 0 Å². The van der Waals surface area contributed by atoms with Crippen LogP contribution in [0.2, 0.25) is 0 Å². The van der Waals surface area contributed by atoms with E-state index in [4.69, 9.17) is 14.2 Å². The minimum absolute atomic E-state index is 0.0752. The smallest absolute Gasteiger partial charge is 0.311 e. The average molecular weight is 296 g/mol. The summed E-state index contributed by atoms with van der Waals surface area (Å²) in [6.45, 7) is 7.63. The molecule has 21 heavy (non-hydrogen) atoms. The van der Waals surface area contributed by atoms with Gasteiger partial charge in [0.2, 0.25) is 0 Å². The van der Waals surface area contributed by atoms with Crippen molar-refractivity contribution in [1.82, 2.24) is 0 Å². The first-order chi connectivity index (χ1) is 9.81. The highest BCUT2D eigenvalue weighted by molar-refractivity contribution is 5.76. The van der Waals surface area contributed by atoms with Gasteiger partial charge in [-0.25, -0.2) is 0 Å². The Morgan fingerprint density at radius 3 is 2.19 bits per heavy atom. The molecule has 0 N–H and O–H groups in total. The molecule has 2 rings (SSSR count). The maximum absolute atomic E-state index is 11.9. The maximum Gasteiger partial charge on any atom is 0.311 e. The van der Waals surface area contributed by atoms with Gasteiger partial charge in [0.1, 0.15) is 0 Å². The van der Waals surface area contributed by atoms with E-state index in [1.54, 1.807) is 0 Å². The third-order valence-corrected chi connectivity index (χ3v) is 5.08. The summed E-state index contributed by atoms with van der Waals surface area (Å²) in [5.74, 6) is -0.531. The second-order valence-electron chi connectivity index (χ2n) is 7.14. The van der Waals surface area contributed by atoms with Gasteiger partial charge in [0, 0.05) is 6.42 Å². The molecule has 1 aliphatic carbocycles. The molecular formula is C17H28O4. The maximum atomic E-state index is 11.9. The molecule has 2 aliphatic rings. The minimum Gasteiger partial charge on any atom is -0.469 e. The molecule has 0 aromatic carbocycles. The Balaban J connectivity index is 1.88. The van der Waals surface area contributed by atoms with Gasteiger partial charge in [-0.15, -0.1) is 0 Å². The normalized spacial score (nSPS) is 36.0. The van der Waals surface area contributed by atoms with Gasteiger partial charge in [-0.3, -0.25) is 4.79 Å². The summed E-state index contributed by atoms with van der Waals surface area (Å²) in [6.07, 6.45) is 9.00. The second-order valence-corrected chi connectivity index (χ2v) is 7.14. The Hall–Kier alpha value is -0.870. The van der Waals surface area contributed by atoms with Crippen molar-refractivity contribution < 1.29 is 19.0 Å². The van der Waals surface area contributed by atoms with Crippen LogP contribution in [0.3, 0.4) is 0 Å². The number of carbonyl (C=O) groups excluding carboxylic acids is 1. The lowest BCUT2D eigenvalue weighted by atomic mass is 9.65. The van der Waals surface area contributed by atoms with Crippen molar-refractivity contribution in [3.8, 4) is 0 Å². The predicted octanol–water partition coefficient (Wildman–Crippen LogP) is 3.46. The number of carbonyl (C=O) groups is 1. The van der Waals surface area contributed by atoms with Crippen LogP contribution in [0.15, 0.2) is 12.2 Å². The van der Waals surface area contributed by atoms with Crippen LogP contribution < -0.4 is 0 Å². The molecule has 120 valence electrons. The first kappa shape index (κ1) is 16.5. The van der Waals surface area contributed by atoms with Crippen LogP contribution >= 0.6 is 0 Å². The number of hydrogen-bond acceptors (Lipinski definition) is 4. The fraction of sp³-hybridized carbons (Fsp3) is 0.824. The van der Waals surface area contributed by atoms with Crippen LogP contribution in [0.1, 0.15) is 52.9 Å². The average Bonchev–Trinajstić information content (AvgIpc) is 2.88. The van der Waals surface area contributed by atoms with Crippen molar-refractivity contribution in [3.05, 3.63) is 12.2 Å². The molecule has 0 aromatic heterocycles. The zero-order valence-corrected chi connectivity index (χ0v) is 13.7. The van der Waals surface area contributed by atoms with Crippen molar-refractivity contribution in [2.75, 3.05) is 20.3 Å². The molecule has 0 unspecified atom stereocenters. The van der Waals surface area contributed by atoms with Gasteiger partial charge in [-0.2, -0.15) is 0 Å². The number of ether oxygens (including phenoxy) is 3. The van der Waals surface area contributed by atoms with E-state index in [-0.39, 0.29) is 16.8 Å². The Morgan fingerprint density at radius 2 is 1.67 bits per heavy atom. The fourth-order valence-electron chi connectivity index (χ4n) is 3.22. The molecular weight excluding hydrogens is 268 g/mol. The van der Waals surface area contributed by atoms with E-state index in [2.05, 4.69) is 19.1 Å². The third kappa shape index (κ3) is 3.86. The Kier molecular flexibility index (Phi) is 4.79. The molecule has 4 nitrogen and oxygen atoms in total. The molecule has 1 heterocycles. The largest absolute Gasteiger partial charge is 0.469 e. The Bertz CT molecular complexity index is 399. The van der Waals surface area contributed by atoms with Crippen LogP contribution in [-0.2, 0) is 19.0 Å². The lowest BCUT2D eigenvalue weighted by molar-refractivity contribution is -0.154. The summed E-state index contributed by atoms with van der Waals surface area (Å²) in [5.41, 5.74) is -0.158. The summed E-state index contributed by atoms with van der Waals surface area (Å²) in [6, 6.07) is 0. The minimum atomic E-state index is -0.456.